The smallest absolute Gasteiger partial charge is 0.306 e. The van der Waals surface area contributed by atoms with E-state index in [2.05, 4.69) is 10.4 Å². The second kappa shape index (κ2) is 8.27. The molecule has 1 heterocycles. The summed E-state index contributed by atoms with van der Waals surface area (Å²) in [6.45, 7) is 3.45. The maximum atomic E-state index is 11.4. The first-order chi connectivity index (χ1) is 8.72. The summed E-state index contributed by atoms with van der Waals surface area (Å²) in [5, 5.41) is 6.81. The van der Waals surface area contributed by atoms with Gasteiger partial charge in [-0.2, -0.15) is 5.10 Å². The van der Waals surface area contributed by atoms with Crippen molar-refractivity contribution in [3.8, 4) is 0 Å². The highest BCUT2D eigenvalue weighted by atomic mass is 16.5. The van der Waals surface area contributed by atoms with Gasteiger partial charge >= 0.3 is 5.97 Å². The predicted octanol–water partition coefficient (Wildman–Crippen LogP) is 0.733. The first-order valence-electron chi connectivity index (χ1n) is 6.12. The Morgan fingerprint density at radius 2 is 2.22 bits per heavy atom. The van der Waals surface area contributed by atoms with Gasteiger partial charge in [-0.15, -0.1) is 0 Å². The largest absolute Gasteiger partial charge is 0.466 e. The van der Waals surface area contributed by atoms with Crippen molar-refractivity contribution in [2.24, 2.45) is 0 Å². The van der Waals surface area contributed by atoms with E-state index in [1.54, 1.807) is 13.1 Å². The quantitative estimate of drug-likeness (QED) is 0.547. The number of nitrogens with one attached hydrogen (secondary N) is 1. The minimum absolute atomic E-state index is 0.122. The molecule has 0 bridgehead atoms. The third-order valence-corrected chi connectivity index (χ3v) is 2.31. The van der Waals surface area contributed by atoms with Crippen molar-refractivity contribution in [3.63, 3.8) is 0 Å². The fourth-order valence-corrected chi connectivity index (χ4v) is 1.44. The molecule has 6 heteroatoms. The van der Waals surface area contributed by atoms with Crippen LogP contribution in [0.4, 0.5) is 0 Å². The van der Waals surface area contributed by atoms with Crippen molar-refractivity contribution in [3.05, 3.63) is 18.5 Å². The van der Waals surface area contributed by atoms with E-state index in [4.69, 9.17) is 4.74 Å². The fourth-order valence-electron chi connectivity index (χ4n) is 1.44. The lowest BCUT2D eigenvalue weighted by Crippen LogP contribution is -2.25. The second-order valence-corrected chi connectivity index (χ2v) is 3.78. The van der Waals surface area contributed by atoms with Gasteiger partial charge < -0.3 is 10.1 Å². The number of aromatic nitrogens is 2. The molecule has 0 radical (unpaired) electrons. The van der Waals surface area contributed by atoms with Crippen LogP contribution in [0.5, 0.6) is 0 Å². The molecule has 0 fully saturated rings. The highest BCUT2D eigenvalue weighted by molar-refractivity contribution is 5.81. The molecule has 1 aromatic rings. The van der Waals surface area contributed by atoms with Crippen molar-refractivity contribution in [1.82, 2.24) is 15.1 Å². The van der Waals surface area contributed by atoms with Gasteiger partial charge in [0.1, 0.15) is 0 Å². The van der Waals surface area contributed by atoms with Crippen molar-refractivity contribution in [2.45, 2.75) is 32.7 Å². The Labute approximate surface area is 106 Å². The van der Waals surface area contributed by atoms with Gasteiger partial charge in [0, 0.05) is 31.9 Å². The molecule has 0 unspecified atom stereocenters. The number of rotatable bonds is 8. The van der Waals surface area contributed by atoms with Crippen LogP contribution in [0.2, 0.25) is 0 Å². The first kappa shape index (κ1) is 14.2. The number of esters is 1. The second-order valence-electron chi connectivity index (χ2n) is 3.78. The lowest BCUT2D eigenvalue weighted by molar-refractivity contribution is -0.144. The van der Waals surface area contributed by atoms with Crippen molar-refractivity contribution in [2.75, 3.05) is 13.2 Å². The number of nitrogens with zero attached hydrogens (tertiary/aromatic N) is 2. The minimum Gasteiger partial charge on any atom is -0.466 e. The summed E-state index contributed by atoms with van der Waals surface area (Å²) in [5.41, 5.74) is 0. The van der Waals surface area contributed by atoms with Gasteiger partial charge in [0.2, 0.25) is 5.91 Å². The number of aryl methyl sites for hydroxylation is 1. The van der Waals surface area contributed by atoms with Crippen molar-refractivity contribution < 1.29 is 14.3 Å². The van der Waals surface area contributed by atoms with E-state index in [1.165, 1.54) is 0 Å². The number of hydrogen-bond acceptors (Lipinski definition) is 4. The average molecular weight is 253 g/mol. The molecule has 1 rings (SSSR count). The van der Waals surface area contributed by atoms with Crippen LogP contribution in [0.3, 0.4) is 0 Å². The van der Waals surface area contributed by atoms with Gasteiger partial charge in [0.05, 0.1) is 13.0 Å². The summed E-state index contributed by atoms with van der Waals surface area (Å²) >= 11 is 0. The molecule has 1 amide bonds. The summed E-state index contributed by atoms with van der Waals surface area (Å²) in [4.78, 5) is 22.4. The molecule has 0 aliphatic rings. The van der Waals surface area contributed by atoms with Crippen LogP contribution in [0.1, 0.15) is 26.2 Å². The summed E-state index contributed by atoms with van der Waals surface area (Å²) in [7, 11) is 0. The number of carbonyl (C=O) groups is 2. The zero-order valence-corrected chi connectivity index (χ0v) is 10.6. The Morgan fingerprint density at radius 3 is 2.89 bits per heavy atom. The highest BCUT2D eigenvalue weighted by Crippen LogP contribution is 1.93. The molecule has 1 aromatic heterocycles. The van der Waals surface area contributed by atoms with E-state index < -0.39 is 0 Å². The molecular weight excluding hydrogens is 234 g/mol. The molecule has 0 saturated heterocycles. The Morgan fingerprint density at radius 1 is 1.39 bits per heavy atom. The number of ether oxygens (including phenoxy) is 1. The summed E-state index contributed by atoms with van der Waals surface area (Å²) < 4.78 is 6.55. The van der Waals surface area contributed by atoms with Crippen molar-refractivity contribution >= 4 is 11.9 Å². The summed E-state index contributed by atoms with van der Waals surface area (Å²) in [6.07, 6.45) is 4.73. The van der Waals surface area contributed by atoms with E-state index in [-0.39, 0.29) is 24.7 Å². The predicted molar refractivity (Wildman–Crippen MR) is 65.7 cm³/mol. The zero-order valence-electron chi connectivity index (χ0n) is 10.6. The Bertz CT molecular complexity index is 363. The molecule has 0 aromatic carbocycles. The molecule has 0 saturated carbocycles. The lowest BCUT2D eigenvalue weighted by atomic mass is 10.3. The van der Waals surface area contributed by atoms with E-state index in [0.29, 0.717) is 13.2 Å². The van der Waals surface area contributed by atoms with Gasteiger partial charge in [-0.1, -0.05) is 0 Å². The van der Waals surface area contributed by atoms with Crippen LogP contribution in [0, 0.1) is 0 Å². The van der Waals surface area contributed by atoms with Crippen LogP contribution in [0.15, 0.2) is 18.5 Å². The summed E-state index contributed by atoms with van der Waals surface area (Å²) in [5.74, 6) is -0.451. The highest BCUT2D eigenvalue weighted by Gasteiger charge is 2.06. The summed E-state index contributed by atoms with van der Waals surface area (Å²) in [6, 6.07) is 1.86. The maximum absolute atomic E-state index is 11.4. The van der Waals surface area contributed by atoms with Gasteiger partial charge in [-0.05, 0) is 19.4 Å². The molecule has 100 valence electrons. The third-order valence-electron chi connectivity index (χ3n) is 2.31. The zero-order chi connectivity index (χ0) is 13.2. The van der Waals surface area contributed by atoms with Crippen LogP contribution in [-0.2, 0) is 20.9 Å². The van der Waals surface area contributed by atoms with E-state index in [0.717, 1.165) is 13.0 Å². The third kappa shape index (κ3) is 6.03. The topological polar surface area (TPSA) is 73.2 Å². The Kier molecular flexibility index (Phi) is 6.53. The van der Waals surface area contributed by atoms with Gasteiger partial charge in [0.15, 0.2) is 0 Å². The number of hydrogen-bond donors (Lipinski definition) is 1. The van der Waals surface area contributed by atoms with Crippen LogP contribution < -0.4 is 5.32 Å². The number of carbonyl (C=O) groups excluding carboxylic acids is 2. The van der Waals surface area contributed by atoms with E-state index in [9.17, 15) is 9.59 Å². The SMILES string of the molecule is CCOC(=O)CCC(=O)NCCCn1cccn1. The van der Waals surface area contributed by atoms with Gasteiger partial charge in [0.25, 0.3) is 0 Å². The standard InChI is InChI=1S/C12H19N3O3/c1-2-18-12(17)6-5-11(16)13-7-3-9-15-10-4-8-14-15/h4,8,10H,2-3,5-7,9H2,1H3,(H,13,16). The van der Waals surface area contributed by atoms with Crippen LogP contribution in [0.25, 0.3) is 0 Å². The molecule has 6 nitrogen and oxygen atoms in total. The first-order valence-corrected chi connectivity index (χ1v) is 6.12. The van der Waals surface area contributed by atoms with Crippen molar-refractivity contribution in [1.29, 1.82) is 0 Å². The normalized spacial score (nSPS) is 10.1. The average Bonchev–Trinajstić information content (AvgIpc) is 2.85. The molecule has 18 heavy (non-hydrogen) atoms. The lowest BCUT2D eigenvalue weighted by Gasteiger charge is -2.05. The van der Waals surface area contributed by atoms with Gasteiger partial charge in [-0.25, -0.2) is 0 Å². The maximum Gasteiger partial charge on any atom is 0.306 e. The Hall–Kier alpha value is -1.85. The molecule has 0 spiro atoms. The number of amides is 1. The van der Waals surface area contributed by atoms with Crippen LogP contribution in [-0.4, -0.2) is 34.8 Å². The Balaban J connectivity index is 2.01. The minimum atomic E-state index is -0.329. The molecule has 0 aliphatic carbocycles. The van der Waals surface area contributed by atoms with E-state index >= 15 is 0 Å². The molecular formula is C12H19N3O3. The monoisotopic (exact) mass is 253 g/mol. The molecule has 0 atom stereocenters. The fraction of sp³-hybridized carbons (Fsp3) is 0.583. The van der Waals surface area contributed by atoms with Gasteiger partial charge in [-0.3, -0.25) is 14.3 Å². The molecule has 0 aliphatic heterocycles. The van der Waals surface area contributed by atoms with E-state index in [1.807, 2.05) is 16.9 Å². The molecule has 1 N–H and O–H groups in total. The van der Waals surface area contributed by atoms with Crippen LogP contribution >= 0.6 is 0 Å².